The van der Waals surface area contributed by atoms with Crippen molar-refractivity contribution in [2.24, 2.45) is 5.73 Å². The van der Waals surface area contributed by atoms with Gasteiger partial charge in [-0.2, -0.15) is 0 Å². The molecule has 0 spiro atoms. The van der Waals surface area contributed by atoms with Crippen molar-refractivity contribution < 1.29 is 4.79 Å². The maximum Gasteiger partial charge on any atom is 0.220 e. The van der Waals surface area contributed by atoms with Crippen molar-refractivity contribution >= 4 is 5.91 Å². The maximum absolute atomic E-state index is 11.8. The summed E-state index contributed by atoms with van der Waals surface area (Å²) in [5.41, 5.74) is 8.24. The monoisotopic (exact) mass is 262 g/mol. The third kappa shape index (κ3) is 6.39. The average molecular weight is 262 g/mol. The summed E-state index contributed by atoms with van der Waals surface area (Å²) in [4.78, 5) is 11.8. The molecule has 2 unspecified atom stereocenters. The van der Waals surface area contributed by atoms with Crippen molar-refractivity contribution in [1.29, 1.82) is 0 Å². The van der Waals surface area contributed by atoms with Crippen LogP contribution >= 0.6 is 0 Å². The van der Waals surface area contributed by atoms with Gasteiger partial charge in [0.05, 0.1) is 0 Å². The summed E-state index contributed by atoms with van der Waals surface area (Å²) >= 11 is 0. The molecule has 1 rings (SSSR count). The van der Waals surface area contributed by atoms with Gasteiger partial charge in [0.25, 0.3) is 0 Å². The fourth-order valence-corrected chi connectivity index (χ4v) is 2.15. The van der Waals surface area contributed by atoms with Crippen LogP contribution in [0.4, 0.5) is 0 Å². The van der Waals surface area contributed by atoms with E-state index in [0.29, 0.717) is 6.42 Å². The number of amides is 1. The van der Waals surface area contributed by atoms with Crippen molar-refractivity contribution in [3.05, 3.63) is 35.4 Å². The lowest BCUT2D eigenvalue weighted by Crippen LogP contribution is -2.34. The summed E-state index contributed by atoms with van der Waals surface area (Å²) < 4.78 is 0. The second kappa shape index (κ2) is 7.95. The molecule has 3 nitrogen and oxygen atoms in total. The van der Waals surface area contributed by atoms with E-state index in [1.54, 1.807) is 0 Å². The van der Waals surface area contributed by atoms with Gasteiger partial charge in [-0.1, -0.05) is 24.3 Å². The molecule has 1 aromatic carbocycles. The zero-order valence-corrected chi connectivity index (χ0v) is 12.3. The van der Waals surface area contributed by atoms with Gasteiger partial charge in [-0.25, -0.2) is 0 Å². The molecule has 0 aliphatic rings. The largest absolute Gasteiger partial charge is 0.353 e. The van der Waals surface area contributed by atoms with E-state index < -0.39 is 0 Å². The fraction of sp³-hybridized carbons (Fsp3) is 0.562. The Morgan fingerprint density at radius 1 is 1.32 bits per heavy atom. The van der Waals surface area contributed by atoms with E-state index in [2.05, 4.69) is 31.3 Å². The Hall–Kier alpha value is -1.35. The van der Waals surface area contributed by atoms with Crippen LogP contribution in [0.2, 0.25) is 0 Å². The first-order valence-electron chi connectivity index (χ1n) is 7.08. The molecule has 19 heavy (non-hydrogen) atoms. The number of aryl methyl sites for hydroxylation is 1. The molecular weight excluding hydrogens is 236 g/mol. The number of hydrogen-bond acceptors (Lipinski definition) is 2. The number of carbonyl (C=O) groups excluding carboxylic acids is 1. The van der Waals surface area contributed by atoms with E-state index in [4.69, 9.17) is 5.73 Å². The van der Waals surface area contributed by atoms with E-state index in [0.717, 1.165) is 19.3 Å². The Balaban J connectivity index is 2.33. The van der Waals surface area contributed by atoms with Gasteiger partial charge in [0.2, 0.25) is 5.91 Å². The summed E-state index contributed by atoms with van der Waals surface area (Å²) in [5, 5.41) is 3.05. The molecule has 1 aromatic rings. The minimum Gasteiger partial charge on any atom is -0.353 e. The zero-order chi connectivity index (χ0) is 14.3. The lowest BCUT2D eigenvalue weighted by atomic mass is 10.0. The van der Waals surface area contributed by atoms with Crippen molar-refractivity contribution in [3.63, 3.8) is 0 Å². The van der Waals surface area contributed by atoms with E-state index in [9.17, 15) is 4.79 Å². The Labute approximate surface area is 116 Å². The molecule has 1 amide bonds. The lowest BCUT2D eigenvalue weighted by Gasteiger charge is -2.15. The first-order chi connectivity index (χ1) is 8.99. The van der Waals surface area contributed by atoms with Gasteiger partial charge in [0.1, 0.15) is 0 Å². The van der Waals surface area contributed by atoms with E-state index in [1.165, 1.54) is 11.1 Å². The molecule has 0 radical (unpaired) electrons. The maximum atomic E-state index is 11.8. The highest BCUT2D eigenvalue weighted by molar-refractivity contribution is 5.76. The molecular formula is C16H26N2O. The number of hydrogen-bond donors (Lipinski definition) is 2. The van der Waals surface area contributed by atoms with Gasteiger partial charge in [-0.3, -0.25) is 4.79 Å². The third-order valence-corrected chi connectivity index (χ3v) is 3.26. The molecule has 2 atom stereocenters. The van der Waals surface area contributed by atoms with E-state index in [-0.39, 0.29) is 18.0 Å². The predicted molar refractivity (Wildman–Crippen MR) is 80.0 cm³/mol. The third-order valence-electron chi connectivity index (χ3n) is 3.26. The number of nitrogens with one attached hydrogen (secondary N) is 1. The molecule has 0 bridgehead atoms. The second-order valence-corrected chi connectivity index (χ2v) is 5.47. The van der Waals surface area contributed by atoms with Crippen molar-refractivity contribution in [3.8, 4) is 0 Å². The summed E-state index contributed by atoms with van der Waals surface area (Å²) in [6, 6.07) is 8.65. The Morgan fingerprint density at radius 3 is 2.63 bits per heavy atom. The highest BCUT2D eigenvalue weighted by Gasteiger charge is 2.09. The molecule has 0 saturated heterocycles. The predicted octanol–water partition coefficient (Wildman–Crippen LogP) is 2.56. The molecule has 0 aromatic heterocycles. The molecule has 0 fully saturated rings. The Kier molecular flexibility index (Phi) is 6.57. The van der Waals surface area contributed by atoms with Gasteiger partial charge in [0, 0.05) is 18.5 Å². The van der Waals surface area contributed by atoms with Crippen LogP contribution in [0, 0.1) is 6.92 Å². The standard InChI is InChI=1S/C16H26N2O/c1-12-7-4-5-9-15(12)11-14(3)18-16(19)10-6-8-13(2)17/h4-5,7,9,13-14H,6,8,10-11,17H2,1-3H3,(H,18,19). The minimum absolute atomic E-state index is 0.127. The quantitative estimate of drug-likeness (QED) is 0.793. The van der Waals surface area contributed by atoms with E-state index in [1.807, 2.05) is 19.1 Å². The van der Waals surface area contributed by atoms with Crippen LogP contribution < -0.4 is 11.1 Å². The summed E-state index contributed by atoms with van der Waals surface area (Å²) in [6.07, 6.45) is 3.21. The van der Waals surface area contributed by atoms with Crippen LogP contribution in [0.25, 0.3) is 0 Å². The Morgan fingerprint density at radius 2 is 2.00 bits per heavy atom. The van der Waals surface area contributed by atoms with Gasteiger partial charge < -0.3 is 11.1 Å². The summed E-state index contributed by atoms with van der Waals surface area (Å²) in [7, 11) is 0. The second-order valence-electron chi connectivity index (χ2n) is 5.47. The molecule has 0 saturated carbocycles. The lowest BCUT2D eigenvalue weighted by molar-refractivity contribution is -0.121. The number of nitrogens with two attached hydrogens (primary N) is 1. The normalized spacial score (nSPS) is 13.9. The van der Waals surface area contributed by atoms with Crippen LogP contribution in [-0.2, 0) is 11.2 Å². The minimum atomic E-state index is 0.127. The van der Waals surface area contributed by atoms with Crippen LogP contribution in [0.1, 0.15) is 44.2 Å². The van der Waals surface area contributed by atoms with Crippen LogP contribution in [-0.4, -0.2) is 18.0 Å². The van der Waals surface area contributed by atoms with Crippen molar-refractivity contribution in [1.82, 2.24) is 5.32 Å². The summed E-state index contributed by atoms with van der Waals surface area (Å²) in [5.74, 6) is 0.127. The number of rotatable bonds is 7. The van der Waals surface area contributed by atoms with Gasteiger partial charge in [-0.05, 0) is 51.2 Å². The zero-order valence-electron chi connectivity index (χ0n) is 12.3. The highest BCUT2D eigenvalue weighted by Crippen LogP contribution is 2.09. The smallest absolute Gasteiger partial charge is 0.220 e. The molecule has 3 heteroatoms. The first-order valence-corrected chi connectivity index (χ1v) is 7.08. The number of benzene rings is 1. The number of carbonyl (C=O) groups is 1. The average Bonchev–Trinajstić information content (AvgIpc) is 2.31. The topological polar surface area (TPSA) is 55.1 Å². The van der Waals surface area contributed by atoms with Crippen LogP contribution in [0.5, 0.6) is 0 Å². The SMILES string of the molecule is Cc1ccccc1CC(C)NC(=O)CCCC(C)N. The summed E-state index contributed by atoms with van der Waals surface area (Å²) in [6.45, 7) is 6.13. The molecule has 0 heterocycles. The van der Waals surface area contributed by atoms with Crippen LogP contribution in [0.3, 0.4) is 0 Å². The first kappa shape index (κ1) is 15.7. The fourth-order valence-electron chi connectivity index (χ4n) is 2.15. The molecule has 106 valence electrons. The van der Waals surface area contributed by atoms with Gasteiger partial charge in [0.15, 0.2) is 0 Å². The highest BCUT2D eigenvalue weighted by atomic mass is 16.1. The van der Waals surface area contributed by atoms with Gasteiger partial charge in [-0.15, -0.1) is 0 Å². The van der Waals surface area contributed by atoms with Crippen molar-refractivity contribution in [2.75, 3.05) is 0 Å². The molecule has 0 aliphatic heterocycles. The Bertz CT molecular complexity index is 401. The van der Waals surface area contributed by atoms with Crippen molar-refractivity contribution in [2.45, 2.75) is 58.5 Å². The van der Waals surface area contributed by atoms with E-state index >= 15 is 0 Å². The molecule has 3 N–H and O–H groups in total. The van der Waals surface area contributed by atoms with Crippen LogP contribution in [0.15, 0.2) is 24.3 Å². The van der Waals surface area contributed by atoms with Gasteiger partial charge >= 0.3 is 0 Å². The molecule has 0 aliphatic carbocycles.